The van der Waals surface area contributed by atoms with E-state index in [4.69, 9.17) is 5.11 Å². The topological polar surface area (TPSA) is 40.5 Å². The Hall–Kier alpha value is -1.36. The molecule has 0 aromatic heterocycles. The van der Waals surface area contributed by atoms with Gasteiger partial charge in [0, 0.05) is 13.1 Å². The number of hydrogen-bond acceptors (Lipinski definition) is 1. The molecule has 0 saturated carbocycles. The molecule has 3 nitrogen and oxygen atoms in total. The molecule has 1 aromatic rings. The Labute approximate surface area is 107 Å². The highest BCUT2D eigenvalue weighted by atomic mass is 79.9. The van der Waals surface area contributed by atoms with Crippen molar-refractivity contribution in [2.75, 3.05) is 13.1 Å². The monoisotopic (exact) mass is 299 g/mol. The summed E-state index contributed by atoms with van der Waals surface area (Å²) >= 11 is 3.10. The molecular weight excluding hydrogens is 289 g/mol. The van der Waals surface area contributed by atoms with Gasteiger partial charge >= 0.3 is 6.09 Å². The average molecular weight is 300 g/mol. The van der Waals surface area contributed by atoms with E-state index in [1.165, 1.54) is 11.0 Å². The minimum atomic E-state index is -0.915. The zero-order valence-corrected chi connectivity index (χ0v) is 10.6. The van der Waals surface area contributed by atoms with Crippen LogP contribution in [0.4, 0.5) is 9.18 Å². The second kappa shape index (κ2) is 4.87. The summed E-state index contributed by atoms with van der Waals surface area (Å²) < 4.78 is 13.8. The lowest BCUT2D eigenvalue weighted by atomic mass is 10.00. The number of hydrogen-bond donors (Lipinski definition) is 1. The molecule has 1 N–H and O–H groups in total. The van der Waals surface area contributed by atoms with Crippen LogP contribution in [-0.4, -0.2) is 29.2 Å². The summed E-state index contributed by atoms with van der Waals surface area (Å²) in [6.45, 7) is 0.821. The summed E-state index contributed by atoms with van der Waals surface area (Å²) in [6.07, 6.45) is 1.54. The molecule has 0 radical (unpaired) electrons. The molecule has 1 amide bonds. The molecule has 0 atom stereocenters. The standard InChI is InChI=1S/C12H11BrFNO2/c13-10-2-1-9(7-11(10)14)8-3-5-15(6-4-8)12(16)17/h1-3,7H,4-6H2,(H,16,17). The minimum absolute atomic E-state index is 0.302. The molecule has 0 aliphatic carbocycles. The van der Waals surface area contributed by atoms with Crippen molar-refractivity contribution in [2.24, 2.45) is 0 Å². The number of carbonyl (C=O) groups is 1. The Morgan fingerprint density at radius 2 is 2.24 bits per heavy atom. The van der Waals surface area contributed by atoms with Gasteiger partial charge in [0.15, 0.2) is 0 Å². The Morgan fingerprint density at radius 1 is 1.47 bits per heavy atom. The van der Waals surface area contributed by atoms with E-state index in [-0.39, 0.29) is 5.82 Å². The first-order valence-electron chi connectivity index (χ1n) is 5.20. The number of rotatable bonds is 1. The van der Waals surface area contributed by atoms with Gasteiger partial charge in [0.1, 0.15) is 5.82 Å². The van der Waals surface area contributed by atoms with Gasteiger partial charge in [0.25, 0.3) is 0 Å². The van der Waals surface area contributed by atoms with E-state index in [1.54, 1.807) is 6.07 Å². The number of amides is 1. The summed E-state index contributed by atoms with van der Waals surface area (Å²) in [7, 11) is 0. The average Bonchev–Trinajstić information content (AvgIpc) is 2.33. The van der Waals surface area contributed by atoms with Crippen LogP contribution < -0.4 is 0 Å². The molecule has 1 aliphatic rings. The van der Waals surface area contributed by atoms with Gasteiger partial charge in [-0.05, 0) is 45.6 Å². The molecule has 17 heavy (non-hydrogen) atoms. The first kappa shape index (κ1) is 12.1. The van der Waals surface area contributed by atoms with Crippen molar-refractivity contribution in [3.05, 3.63) is 40.1 Å². The summed E-state index contributed by atoms with van der Waals surface area (Å²) in [5.74, 6) is -0.302. The lowest BCUT2D eigenvalue weighted by Gasteiger charge is -2.23. The lowest BCUT2D eigenvalue weighted by molar-refractivity contribution is 0.150. The molecular formula is C12H11BrFNO2. The van der Waals surface area contributed by atoms with Crippen molar-refractivity contribution in [1.29, 1.82) is 0 Å². The van der Waals surface area contributed by atoms with Crippen molar-refractivity contribution >= 4 is 27.6 Å². The van der Waals surface area contributed by atoms with E-state index in [2.05, 4.69) is 15.9 Å². The van der Waals surface area contributed by atoms with Crippen molar-refractivity contribution in [3.63, 3.8) is 0 Å². The van der Waals surface area contributed by atoms with Crippen molar-refractivity contribution in [1.82, 2.24) is 4.90 Å². The molecule has 0 spiro atoms. The van der Waals surface area contributed by atoms with Gasteiger partial charge in [0.2, 0.25) is 0 Å². The zero-order chi connectivity index (χ0) is 12.4. The maximum atomic E-state index is 13.4. The third-order valence-electron chi connectivity index (χ3n) is 2.77. The maximum Gasteiger partial charge on any atom is 0.407 e. The SMILES string of the molecule is O=C(O)N1CC=C(c2ccc(Br)c(F)c2)CC1. The first-order valence-corrected chi connectivity index (χ1v) is 5.99. The van der Waals surface area contributed by atoms with Gasteiger partial charge in [-0.2, -0.15) is 0 Å². The van der Waals surface area contributed by atoms with E-state index in [1.807, 2.05) is 12.1 Å². The lowest BCUT2D eigenvalue weighted by Crippen LogP contribution is -2.33. The van der Waals surface area contributed by atoms with Gasteiger partial charge in [0.05, 0.1) is 4.47 Å². The molecule has 5 heteroatoms. The smallest absolute Gasteiger partial charge is 0.407 e. The molecule has 1 aromatic carbocycles. The van der Waals surface area contributed by atoms with Gasteiger partial charge in [-0.25, -0.2) is 9.18 Å². The summed E-state index contributed by atoms with van der Waals surface area (Å²) in [4.78, 5) is 12.1. The van der Waals surface area contributed by atoms with Crippen LogP contribution in [0, 0.1) is 5.82 Å². The van der Waals surface area contributed by atoms with Crippen LogP contribution in [0.3, 0.4) is 0 Å². The van der Waals surface area contributed by atoms with Crippen LogP contribution in [0.2, 0.25) is 0 Å². The zero-order valence-electron chi connectivity index (χ0n) is 8.99. The van der Waals surface area contributed by atoms with Crippen LogP contribution >= 0.6 is 15.9 Å². The van der Waals surface area contributed by atoms with E-state index in [0.717, 1.165) is 11.1 Å². The number of nitrogens with zero attached hydrogens (tertiary/aromatic N) is 1. The maximum absolute atomic E-state index is 13.4. The molecule has 0 fully saturated rings. The highest BCUT2D eigenvalue weighted by Crippen LogP contribution is 2.25. The van der Waals surface area contributed by atoms with Crippen LogP contribution in [0.1, 0.15) is 12.0 Å². The van der Waals surface area contributed by atoms with Gasteiger partial charge < -0.3 is 10.0 Å². The summed E-state index contributed by atoms with van der Waals surface area (Å²) in [5.41, 5.74) is 1.81. The normalized spacial score (nSPS) is 15.6. The minimum Gasteiger partial charge on any atom is -0.465 e. The summed E-state index contributed by atoms with van der Waals surface area (Å²) in [6, 6.07) is 4.96. The Morgan fingerprint density at radius 3 is 2.76 bits per heavy atom. The Bertz CT molecular complexity index is 487. The van der Waals surface area contributed by atoms with E-state index in [0.29, 0.717) is 24.0 Å². The van der Waals surface area contributed by atoms with Crippen molar-refractivity contribution in [2.45, 2.75) is 6.42 Å². The number of halogens is 2. The van der Waals surface area contributed by atoms with E-state index >= 15 is 0 Å². The molecule has 2 rings (SSSR count). The molecule has 1 heterocycles. The fourth-order valence-corrected chi connectivity index (χ4v) is 2.05. The molecule has 0 saturated heterocycles. The summed E-state index contributed by atoms with van der Waals surface area (Å²) in [5, 5.41) is 8.81. The highest BCUT2D eigenvalue weighted by Gasteiger charge is 2.17. The van der Waals surface area contributed by atoms with Crippen LogP contribution in [0.15, 0.2) is 28.7 Å². The van der Waals surface area contributed by atoms with Crippen molar-refractivity contribution in [3.8, 4) is 0 Å². The van der Waals surface area contributed by atoms with E-state index in [9.17, 15) is 9.18 Å². The second-order valence-electron chi connectivity index (χ2n) is 3.84. The molecule has 1 aliphatic heterocycles. The predicted molar refractivity (Wildman–Crippen MR) is 66.3 cm³/mol. The second-order valence-corrected chi connectivity index (χ2v) is 4.69. The van der Waals surface area contributed by atoms with Crippen LogP contribution in [0.25, 0.3) is 5.57 Å². The largest absolute Gasteiger partial charge is 0.465 e. The fourth-order valence-electron chi connectivity index (χ4n) is 1.80. The van der Waals surface area contributed by atoms with E-state index < -0.39 is 6.09 Å². The van der Waals surface area contributed by atoms with Crippen LogP contribution in [0.5, 0.6) is 0 Å². The predicted octanol–water partition coefficient (Wildman–Crippen LogP) is 3.36. The first-order chi connectivity index (χ1) is 8.08. The van der Waals surface area contributed by atoms with Gasteiger partial charge in [-0.3, -0.25) is 0 Å². The van der Waals surface area contributed by atoms with Crippen LogP contribution in [-0.2, 0) is 0 Å². The number of carboxylic acid groups (broad SMARTS) is 1. The quantitative estimate of drug-likeness (QED) is 0.864. The third-order valence-corrected chi connectivity index (χ3v) is 3.41. The fraction of sp³-hybridized carbons (Fsp3) is 0.250. The van der Waals surface area contributed by atoms with Gasteiger partial charge in [-0.1, -0.05) is 12.1 Å². The molecule has 0 unspecified atom stereocenters. The molecule has 0 bridgehead atoms. The third kappa shape index (κ3) is 2.66. The Kier molecular flexibility index (Phi) is 3.47. The Balaban J connectivity index is 2.19. The number of benzene rings is 1. The van der Waals surface area contributed by atoms with Gasteiger partial charge in [-0.15, -0.1) is 0 Å². The van der Waals surface area contributed by atoms with Crippen molar-refractivity contribution < 1.29 is 14.3 Å². The molecule has 90 valence electrons. The highest BCUT2D eigenvalue weighted by molar-refractivity contribution is 9.10.